The fourth-order valence-electron chi connectivity index (χ4n) is 2.82. The van der Waals surface area contributed by atoms with Gasteiger partial charge in [0.25, 0.3) is 0 Å². The molecule has 0 aliphatic heterocycles. The van der Waals surface area contributed by atoms with Crippen molar-refractivity contribution < 1.29 is 0 Å². The summed E-state index contributed by atoms with van der Waals surface area (Å²) in [4.78, 5) is 13.0. The highest BCUT2D eigenvalue weighted by atomic mass is 35.5. The number of nitrogens with two attached hydrogens (primary N) is 1. The maximum Gasteiger partial charge on any atom is 0.149 e. The predicted molar refractivity (Wildman–Crippen MR) is 101 cm³/mol. The maximum absolute atomic E-state index is 9.21. The summed E-state index contributed by atoms with van der Waals surface area (Å²) in [6, 6.07) is 15.3. The number of nitriles is 1. The lowest BCUT2D eigenvalue weighted by molar-refractivity contribution is 1.09. The van der Waals surface area contributed by atoms with Gasteiger partial charge in [-0.15, -0.1) is 11.6 Å². The number of imidazole rings is 1. The average molecular weight is 361 g/mol. The Hall–Kier alpha value is -3.43. The molecule has 3 heterocycles. The van der Waals surface area contributed by atoms with E-state index in [4.69, 9.17) is 17.3 Å². The van der Waals surface area contributed by atoms with E-state index in [1.54, 1.807) is 18.5 Å². The van der Waals surface area contributed by atoms with E-state index in [-0.39, 0.29) is 0 Å². The summed E-state index contributed by atoms with van der Waals surface area (Å²) >= 11 is 5.90. The van der Waals surface area contributed by atoms with Crippen LogP contribution in [0.2, 0.25) is 0 Å². The summed E-state index contributed by atoms with van der Waals surface area (Å²) in [7, 11) is 0. The molecule has 7 heteroatoms. The number of aromatic nitrogens is 4. The van der Waals surface area contributed by atoms with Crippen molar-refractivity contribution in [2.75, 3.05) is 5.73 Å². The molecular weight excluding hydrogens is 348 g/mol. The third-order valence-corrected chi connectivity index (χ3v) is 4.39. The molecule has 0 aliphatic carbocycles. The molecule has 0 unspecified atom stereocenters. The number of alkyl halides is 1. The highest BCUT2D eigenvalue weighted by molar-refractivity contribution is 6.17. The first-order chi connectivity index (χ1) is 12.7. The molecular formula is C19H13ClN6. The Balaban J connectivity index is 2.05. The minimum atomic E-state index is 0.321. The highest BCUT2D eigenvalue weighted by Gasteiger charge is 2.17. The van der Waals surface area contributed by atoms with Crippen LogP contribution in [0.1, 0.15) is 11.3 Å². The van der Waals surface area contributed by atoms with E-state index in [1.807, 2.05) is 41.0 Å². The smallest absolute Gasteiger partial charge is 0.149 e. The van der Waals surface area contributed by atoms with Crippen molar-refractivity contribution in [3.05, 3.63) is 66.1 Å². The number of hydrogen-bond acceptors (Lipinski definition) is 5. The molecule has 6 nitrogen and oxygen atoms in total. The Labute approximate surface area is 154 Å². The van der Waals surface area contributed by atoms with Crippen molar-refractivity contribution in [3.8, 4) is 23.1 Å². The molecule has 0 bridgehead atoms. The zero-order chi connectivity index (χ0) is 18.1. The van der Waals surface area contributed by atoms with Gasteiger partial charge in [-0.3, -0.25) is 4.57 Å². The molecule has 0 saturated carbocycles. The van der Waals surface area contributed by atoms with E-state index in [2.05, 4.69) is 21.0 Å². The summed E-state index contributed by atoms with van der Waals surface area (Å²) in [6.07, 6.45) is 3.23. The molecule has 0 spiro atoms. The van der Waals surface area contributed by atoms with Gasteiger partial charge in [0.15, 0.2) is 0 Å². The predicted octanol–water partition coefficient (Wildman–Crippen LogP) is 3.68. The minimum absolute atomic E-state index is 0.321. The van der Waals surface area contributed by atoms with Crippen LogP contribution in [-0.2, 0) is 5.88 Å². The van der Waals surface area contributed by atoms with Crippen LogP contribution < -0.4 is 5.73 Å². The maximum atomic E-state index is 9.21. The van der Waals surface area contributed by atoms with Crippen molar-refractivity contribution in [1.29, 1.82) is 5.26 Å². The number of nitrogen functional groups attached to an aromatic ring is 1. The van der Waals surface area contributed by atoms with Gasteiger partial charge < -0.3 is 5.73 Å². The van der Waals surface area contributed by atoms with Gasteiger partial charge in [0, 0.05) is 23.8 Å². The van der Waals surface area contributed by atoms with Crippen LogP contribution in [0.3, 0.4) is 0 Å². The number of fused-ring (bicyclic) bond motifs is 1. The molecule has 126 valence electrons. The van der Waals surface area contributed by atoms with E-state index in [0.29, 0.717) is 34.3 Å². The Kier molecular flexibility index (Phi) is 3.99. The molecule has 0 aliphatic rings. The molecule has 0 amide bonds. The lowest BCUT2D eigenvalue weighted by Crippen LogP contribution is -2.01. The Morgan fingerprint density at radius 2 is 1.96 bits per heavy atom. The molecule has 0 atom stereocenters. The second-order valence-corrected chi connectivity index (χ2v) is 5.94. The van der Waals surface area contributed by atoms with Crippen molar-refractivity contribution in [1.82, 2.24) is 19.5 Å². The lowest BCUT2D eigenvalue weighted by atomic mass is 10.2. The molecule has 0 radical (unpaired) electrons. The van der Waals surface area contributed by atoms with E-state index in [0.717, 1.165) is 16.8 Å². The summed E-state index contributed by atoms with van der Waals surface area (Å²) in [5, 5.41) is 9.21. The first-order valence-corrected chi connectivity index (χ1v) is 8.39. The molecule has 4 rings (SSSR count). The van der Waals surface area contributed by atoms with E-state index < -0.39 is 0 Å². The van der Waals surface area contributed by atoms with Gasteiger partial charge in [-0.25, -0.2) is 15.0 Å². The normalized spacial score (nSPS) is 10.8. The van der Waals surface area contributed by atoms with Crippen LogP contribution in [0, 0.1) is 11.3 Å². The molecule has 26 heavy (non-hydrogen) atoms. The van der Waals surface area contributed by atoms with Gasteiger partial charge >= 0.3 is 0 Å². The van der Waals surface area contributed by atoms with Crippen LogP contribution in [0.4, 0.5) is 5.82 Å². The second-order valence-electron chi connectivity index (χ2n) is 5.68. The fraction of sp³-hybridized carbons (Fsp3) is 0.0526. The monoisotopic (exact) mass is 360 g/mol. The van der Waals surface area contributed by atoms with Crippen molar-refractivity contribution in [2.24, 2.45) is 0 Å². The Bertz CT molecular complexity index is 1140. The van der Waals surface area contributed by atoms with E-state index >= 15 is 0 Å². The Morgan fingerprint density at radius 3 is 2.65 bits per heavy atom. The van der Waals surface area contributed by atoms with Crippen molar-refractivity contribution >= 4 is 28.5 Å². The molecule has 2 N–H and O–H groups in total. The number of anilines is 1. The van der Waals surface area contributed by atoms with Crippen LogP contribution in [0.5, 0.6) is 0 Å². The zero-order valence-corrected chi connectivity index (χ0v) is 14.4. The second kappa shape index (κ2) is 6.47. The quantitative estimate of drug-likeness (QED) is 0.562. The van der Waals surface area contributed by atoms with Gasteiger partial charge in [0.1, 0.15) is 28.9 Å². The van der Waals surface area contributed by atoms with Crippen LogP contribution in [0.15, 0.2) is 54.9 Å². The van der Waals surface area contributed by atoms with Crippen molar-refractivity contribution in [2.45, 2.75) is 5.88 Å². The first-order valence-electron chi connectivity index (χ1n) is 7.86. The number of halogens is 1. The van der Waals surface area contributed by atoms with Crippen molar-refractivity contribution in [3.63, 3.8) is 0 Å². The third-order valence-electron chi connectivity index (χ3n) is 4.08. The number of hydrogen-bond donors (Lipinski definition) is 1. The topological polar surface area (TPSA) is 93.4 Å². The number of rotatable bonds is 3. The first kappa shape index (κ1) is 16.1. The number of pyridine rings is 2. The summed E-state index contributed by atoms with van der Waals surface area (Å²) in [6.45, 7) is 0. The van der Waals surface area contributed by atoms with Crippen LogP contribution >= 0.6 is 11.6 Å². The SMILES string of the molecule is N#Cc1cc2c(cn1)nc(-c1cccnc1N)n2-c1ccc(CCl)cc1. The Morgan fingerprint density at radius 1 is 1.15 bits per heavy atom. The van der Waals surface area contributed by atoms with E-state index in [9.17, 15) is 5.26 Å². The standard InChI is InChI=1S/C19H13ClN6/c20-9-12-3-5-14(6-4-12)26-17-8-13(10-21)24-11-16(17)25-19(26)15-2-1-7-23-18(15)22/h1-8,11H,9H2,(H2,22,23). The van der Waals surface area contributed by atoms with Gasteiger partial charge in [-0.05, 0) is 29.8 Å². The molecule has 1 aromatic carbocycles. The molecule has 3 aromatic heterocycles. The minimum Gasteiger partial charge on any atom is -0.383 e. The summed E-state index contributed by atoms with van der Waals surface area (Å²) < 4.78 is 1.95. The zero-order valence-electron chi connectivity index (χ0n) is 13.6. The largest absolute Gasteiger partial charge is 0.383 e. The lowest BCUT2D eigenvalue weighted by Gasteiger charge is -2.11. The summed E-state index contributed by atoms with van der Waals surface area (Å²) in [5.74, 6) is 1.46. The van der Waals surface area contributed by atoms with Gasteiger partial charge in [0.2, 0.25) is 0 Å². The van der Waals surface area contributed by atoms with Gasteiger partial charge in [-0.1, -0.05) is 12.1 Å². The molecule has 0 fully saturated rings. The highest BCUT2D eigenvalue weighted by Crippen LogP contribution is 2.31. The van der Waals surface area contributed by atoms with E-state index in [1.165, 1.54) is 0 Å². The molecule has 4 aromatic rings. The summed E-state index contributed by atoms with van der Waals surface area (Å²) in [5.41, 5.74) is 10.4. The number of nitrogens with zero attached hydrogens (tertiary/aromatic N) is 5. The van der Waals surface area contributed by atoms with Crippen LogP contribution in [-0.4, -0.2) is 19.5 Å². The average Bonchev–Trinajstić information content (AvgIpc) is 3.06. The third kappa shape index (κ3) is 2.65. The van der Waals surface area contributed by atoms with Gasteiger partial charge in [0.05, 0.1) is 17.3 Å². The van der Waals surface area contributed by atoms with Crippen LogP contribution in [0.25, 0.3) is 28.1 Å². The van der Waals surface area contributed by atoms with Gasteiger partial charge in [-0.2, -0.15) is 5.26 Å². The fourth-order valence-corrected chi connectivity index (χ4v) is 3.00. The number of benzene rings is 1. The molecule has 0 saturated heterocycles.